The molecule has 0 aliphatic heterocycles. The second kappa shape index (κ2) is 17.8. The van der Waals surface area contributed by atoms with Gasteiger partial charge in [-0.15, -0.1) is 0 Å². The molecule has 0 N–H and O–H groups in total. The third-order valence-electron chi connectivity index (χ3n) is 15.6. The molecule has 0 atom stereocenters. The van der Waals surface area contributed by atoms with E-state index in [1.807, 2.05) is 24.7 Å². The van der Waals surface area contributed by atoms with Crippen LogP contribution < -0.4 is 0 Å². The van der Waals surface area contributed by atoms with Gasteiger partial charge in [0.1, 0.15) is 0 Å². The molecule has 0 fully saturated rings. The molecule has 3 aromatic heterocycles. The van der Waals surface area contributed by atoms with Gasteiger partial charge < -0.3 is 0 Å². The Balaban J connectivity index is 0.000000133. The van der Waals surface area contributed by atoms with Crippen LogP contribution in [0.15, 0.2) is 273 Å². The summed E-state index contributed by atoms with van der Waals surface area (Å²) >= 11 is 0. The van der Waals surface area contributed by atoms with Crippen molar-refractivity contribution in [1.29, 1.82) is 0 Å². The van der Waals surface area contributed by atoms with E-state index < -0.39 is 0 Å². The quantitative estimate of drug-likeness (QED) is 0.165. The van der Waals surface area contributed by atoms with Crippen LogP contribution in [0.4, 0.5) is 0 Å². The van der Waals surface area contributed by atoms with E-state index in [2.05, 4.69) is 254 Å². The van der Waals surface area contributed by atoms with Crippen LogP contribution >= 0.6 is 0 Å². The summed E-state index contributed by atoms with van der Waals surface area (Å²) in [6, 6.07) is 91.6. The Morgan fingerprint density at radius 1 is 0.197 bits per heavy atom. The maximum Gasteiger partial charge on any atom is 0.0714 e. The second-order valence-electron chi connectivity index (χ2n) is 19.8. The maximum absolute atomic E-state index is 4.88. The zero-order valence-electron chi connectivity index (χ0n) is 41.3. The lowest BCUT2D eigenvalue weighted by Crippen LogP contribution is -1.91. The van der Waals surface area contributed by atoms with Crippen LogP contribution in [-0.2, 0) is 0 Å². The Bertz CT molecular complexity index is 5000. The predicted molar refractivity (Wildman–Crippen MR) is 323 cm³/mol. The molecule has 352 valence electrons. The fourth-order valence-corrected chi connectivity index (χ4v) is 12.2. The molecule has 16 rings (SSSR count). The number of nitrogens with zero attached hydrogens (tertiary/aromatic N) is 3. The van der Waals surface area contributed by atoms with Crippen molar-refractivity contribution in [3.8, 4) is 44.8 Å². The van der Waals surface area contributed by atoms with Gasteiger partial charge in [-0.25, -0.2) is 0 Å². The molecular weight excluding hydrogens is 919 g/mol. The van der Waals surface area contributed by atoms with E-state index in [0.717, 1.165) is 44.5 Å². The zero-order valence-corrected chi connectivity index (χ0v) is 41.3. The van der Waals surface area contributed by atoms with Crippen molar-refractivity contribution in [3.63, 3.8) is 0 Å². The SMILES string of the molecule is c1ccc(-c2ccnc(-c3cc4c5ccccc5c5c6ccccc6ccc5c4c4ccccc34)c2)cc1.c1cnc2cc(-c3ccnc(-c4cc5c6ccccc6c6ccccc6c5c5ccccc45)c3)ccc2c1. The van der Waals surface area contributed by atoms with Crippen LogP contribution in [0.5, 0.6) is 0 Å². The number of hydrogen-bond donors (Lipinski definition) is 0. The first kappa shape index (κ1) is 43.5. The highest BCUT2D eigenvalue weighted by atomic mass is 14.7. The molecule has 0 spiro atoms. The van der Waals surface area contributed by atoms with Gasteiger partial charge in [-0.1, -0.05) is 206 Å². The van der Waals surface area contributed by atoms with Gasteiger partial charge in [-0.3, -0.25) is 15.0 Å². The predicted octanol–water partition coefficient (Wildman–Crippen LogP) is 19.8. The molecule has 0 radical (unpaired) electrons. The first-order valence-corrected chi connectivity index (χ1v) is 26.0. The van der Waals surface area contributed by atoms with Crippen molar-refractivity contribution in [3.05, 3.63) is 273 Å². The minimum atomic E-state index is 0.971. The molecule has 3 nitrogen and oxygen atoms in total. The van der Waals surface area contributed by atoms with E-state index in [4.69, 9.17) is 9.97 Å². The van der Waals surface area contributed by atoms with Crippen LogP contribution in [0, 0.1) is 0 Å². The smallest absolute Gasteiger partial charge is 0.0714 e. The fourth-order valence-electron chi connectivity index (χ4n) is 12.2. The van der Waals surface area contributed by atoms with E-state index in [9.17, 15) is 0 Å². The average Bonchev–Trinajstić information content (AvgIpc) is 3.64. The molecule has 0 amide bonds. The molecule has 0 aliphatic carbocycles. The summed E-state index contributed by atoms with van der Waals surface area (Å²) in [5.74, 6) is 0. The Morgan fingerprint density at radius 3 is 1.21 bits per heavy atom. The van der Waals surface area contributed by atoms with Crippen LogP contribution in [0.2, 0.25) is 0 Å². The third-order valence-corrected chi connectivity index (χ3v) is 15.6. The van der Waals surface area contributed by atoms with E-state index in [1.54, 1.807) is 0 Å². The Hall–Kier alpha value is -10.1. The standard InChI is InChI=1S/C37H23N.C36H22N2/c1-2-10-24(11-3-1)26-20-21-38-35(22-26)33-23-34-29-15-7-9-17-31(29)36-27-13-5-4-12-25(27)18-19-32(36)37(34)30-16-8-6-14-28(30)33;1-2-11-28-26(9-1)27-10-3-5-13-30(27)36-31-14-6-4-12-29(31)32(22-33(28)36)35-21-25(17-19-38-35)24-16-15-23-8-7-18-37-34(23)20-24/h1-23H;1-22H. The van der Waals surface area contributed by atoms with Gasteiger partial charge in [0.05, 0.1) is 16.9 Å². The number of fused-ring (bicyclic) bond motifs is 19. The maximum atomic E-state index is 4.88. The topological polar surface area (TPSA) is 38.7 Å². The first-order chi connectivity index (χ1) is 37.7. The van der Waals surface area contributed by atoms with Crippen LogP contribution in [0.25, 0.3) is 153 Å². The number of aromatic nitrogens is 3. The Kier molecular flexibility index (Phi) is 10.2. The first-order valence-electron chi connectivity index (χ1n) is 26.0. The Morgan fingerprint density at radius 2 is 0.605 bits per heavy atom. The number of benzene rings is 13. The number of pyridine rings is 3. The molecule has 3 heteroatoms. The largest absolute Gasteiger partial charge is 0.256 e. The molecule has 0 saturated heterocycles. The molecule has 0 bridgehead atoms. The molecule has 0 aliphatic rings. The van der Waals surface area contributed by atoms with Gasteiger partial charge >= 0.3 is 0 Å². The molecule has 16 aromatic rings. The van der Waals surface area contributed by atoms with Crippen molar-refractivity contribution >= 4 is 108 Å². The third kappa shape index (κ3) is 7.09. The van der Waals surface area contributed by atoms with E-state index in [0.29, 0.717) is 0 Å². The van der Waals surface area contributed by atoms with Crippen LogP contribution in [-0.4, -0.2) is 15.0 Å². The molecule has 0 unspecified atom stereocenters. The molecule has 3 heterocycles. The van der Waals surface area contributed by atoms with Crippen molar-refractivity contribution in [2.75, 3.05) is 0 Å². The number of hydrogen-bond acceptors (Lipinski definition) is 3. The normalized spacial score (nSPS) is 11.7. The van der Waals surface area contributed by atoms with Crippen molar-refractivity contribution < 1.29 is 0 Å². The highest BCUT2D eigenvalue weighted by Crippen LogP contribution is 2.46. The van der Waals surface area contributed by atoms with E-state index >= 15 is 0 Å². The molecule has 0 saturated carbocycles. The van der Waals surface area contributed by atoms with Gasteiger partial charge in [-0.2, -0.15) is 0 Å². The zero-order chi connectivity index (χ0) is 50.1. The molecule has 13 aromatic carbocycles. The van der Waals surface area contributed by atoms with Crippen molar-refractivity contribution in [1.82, 2.24) is 15.0 Å². The summed E-state index contributed by atoms with van der Waals surface area (Å²) in [5.41, 5.74) is 9.92. The molecule has 76 heavy (non-hydrogen) atoms. The van der Waals surface area contributed by atoms with E-state index in [1.165, 1.54) is 108 Å². The van der Waals surface area contributed by atoms with E-state index in [-0.39, 0.29) is 0 Å². The van der Waals surface area contributed by atoms with Gasteiger partial charge in [0.15, 0.2) is 0 Å². The second-order valence-corrected chi connectivity index (χ2v) is 19.8. The van der Waals surface area contributed by atoms with Crippen molar-refractivity contribution in [2.24, 2.45) is 0 Å². The minimum absolute atomic E-state index is 0.971. The Labute approximate surface area is 438 Å². The lowest BCUT2D eigenvalue weighted by Gasteiger charge is -2.17. The monoisotopic (exact) mass is 963 g/mol. The van der Waals surface area contributed by atoms with Gasteiger partial charge in [0, 0.05) is 35.1 Å². The highest BCUT2D eigenvalue weighted by molar-refractivity contribution is 6.37. The van der Waals surface area contributed by atoms with Crippen LogP contribution in [0.3, 0.4) is 0 Å². The average molecular weight is 964 g/mol. The summed E-state index contributed by atoms with van der Waals surface area (Å²) in [7, 11) is 0. The summed E-state index contributed by atoms with van der Waals surface area (Å²) in [6.07, 6.45) is 5.70. The summed E-state index contributed by atoms with van der Waals surface area (Å²) in [5, 5.41) is 24.1. The minimum Gasteiger partial charge on any atom is -0.256 e. The van der Waals surface area contributed by atoms with Gasteiger partial charge in [0.25, 0.3) is 0 Å². The van der Waals surface area contributed by atoms with Crippen LogP contribution in [0.1, 0.15) is 0 Å². The summed E-state index contributed by atoms with van der Waals surface area (Å²) in [4.78, 5) is 14.3. The fraction of sp³-hybridized carbons (Fsp3) is 0. The lowest BCUT2D eigenvalue weighted by atomic mass is 9.86. The number of rotatable bonds is 4. The van der Waals surface area contributed by atoms with Crippen molar-refractivity contribution in [2.45, 2.75) is 0 Å². The highest BCUT2D eigenvalue weighted by Gasteiger charge is 2.19. The summed E-state index contributed by atoms with van der Waals surface area (Å²) in [6.45, 7) is 0. The summed E-state index contributed by atoms with van der Waals surface area (Å²) < 4.78 is 0. The molecular formula is C73H45N3. The van der Waals surface area contributed by atoms with Gasteiger partial charge in [0.2, 0.25) is 0 Å². The van der Waals surface area contributed by atoms with Gasteiger partial charge in [-0.05, 0) is 168 Å². The lowest BCUT2D eigenvalue weighted by molar-refractivity contribution is 1.33.